The Balaban J connectivity index is 2.30. The van der Waals surface area contributed by atoms with Crippen molar-refractivity contribution in [3.05, 3.63) is 0 Å². The number of hydrogen-bond donors (Lipinski definition) is 1. The summed E-state index contributed by atoms with van der Waals surface area (Å²) in [5, 5.41) is 2.59. The number of amides is 3. The fourth-order valence-corrected chi connectivity index (χ4v) is 1.57. The van der Waals surface area contributed by atoms with E-state index in [9.17, 15) is 9.59 Å². The van der Waals surface area contributed by atoms with E-state index in [2.05, 4.69) is 12.2 Å². The minimum Gasteiger partial charge on any atom is -0.326 e. The molecule has 0 radical (unpaired) electrons. The van der Waals surface area contributed by atoms with Gasteiger partial charge in [-0.2, -0.15) is 0 Å². The first kappa shape index (κ1) is 11.0. The largest absolute Gasteiger partial charge is 0.326 e. The van der Waals surface area contributed by atoms with E-state index in [4.69, 9.17) is 0 Å². The lowest BCUT2D eigenvalue weighted by atomic mass is 10.2. The van der Waals surface area contributed by atoms with Crippen LogP contribution in [0.15, 0.2) is 0 Å². The predicted octanol–water partition coefficient (Wildman–Crippen LogP) is 1.51. The maximum Gasteiger partial charge on any atom is 0.324 e. The summed E-state index contributed by atoms with van der Waals surface area (Å²) in [6.07, 6.45) is 4.33. The topological polar surface area (TPSA) is 49.4 Å². The molecule has 1 aliphatic heterocycles. The Kier molecular flexibility index (Phi) is 3.92. The van der Waals surface area contributed by atoms with Crippen molar-refractivity contribution in [3.8, 4) is 0 Å². The van der Waals surface area contributed by atoms with Crippen LogP contribution in [0.5, 0.6) is 0 Å². The van der Waals surface area contributed by atoms with Crippen molar-refractivity contribution in [2.24, 2.45) is 0 Å². The van der Waals surface area contributed by atoms with Crippen molar-refractivity contribution < 1.29 is 9.59 Å². The Morgan fingerprint density at radius 2 is 2.00 bits per heavy atom. The molecule has 0 aromatic rings. The van der Waals surface area contributed by atoms with E-state index in [-0.39, 0.29) is 18.0 Å². The molecule has 1 heterocycles. The number of rotatable bonds is 5. The number of nitrogens with zero attached hydrogens (tertiary/aromatic N) is 1. The second-order valence-corrected chi connectivity index (χ2v) is 3.72. The summed E-state index contributed by atoms with van der Waals surface area (Å²) in [5.41, 5.74) is 0. The van der Waals surface area contributed by atoms with Gasteiger partial charge >= 0.3 is 6.03 Å². The summed E-state index contributed by atoms with van der Waals surface area (Å²) in [6.45, 7) is 4.41. The zero-order chi connectivity index (χ0) is 10.6. The number of nitrogens with one attached hydrogen (secondary N) is 1. The van der Waals surface area contributed by atoms with Crippen molar-refractivity contribution >= 4 is 11.9 Å². The highest BCUT2D eigenvalue weighted by molar-refractivity contribution is 6.03. The molecule has 1 atom stereocenters. The summed E-state index contributed by atoms with van der Waals surface area (Å²) in [4.78, 5) is 24.0. The standard InChI is InChI=1S/C10H18N2O2/c1-3-4-5-6-7-12-9(13)8(2)11-10(12)14/h8H,3-7H2,1-2H3,(H,11,14). The lowest BCUT2D eigenvalue weighted by Crippen LogP contribution is -2.32. The van der Waals surface area contributed by atoms with Gasteiger partial charge in [-0.1, -0.05) is 26.2 Å². The van der Waals surface area contributed by atoms with Crippen LogP contribution in [0.1, 0.15) is 39.5 Å². The van der Waals surface area contributed by atoms with Crippen LogP contribution in [-0.4, -0.2) is 29.4 Å². The average molecular weight is 198 g/mol. The first-order chi connectivity index (χ1) is 6.66. The molecule has 1 rings (SSSR count). The maximum atomic E-state index is 11.4. The molecule has 0 saturated carbocycles. The summed E-state index contributed by atoms with van der Waals surface area (Å²) in [5.74, 6) is -0.0912. The Morgan fingerprint density at radius 1 is 1.29 bits per heavy atom. The van der Waals surface area contributed by atoms with E-state index in [0.717, 1.165) is 19.3 Å². The number of hydrogen-bond acceptors (Lipinski definition) is 2. The normalized spacial score (nSPS) is 21.6. The Bertz CT molecular complexity index is 228. The van der Waals surface area contributed by atoms with Crippen LogP contribution < -0.4 is 5.32 Å². The summed E-state index contributed by atoms with van der Waals surface area (Å²) in [7, 11) is 0. The molecule has 0 aliphatic carbocycles. The minimum atomic E-state index is -0.339. The third-order valence-electron chi connectivity index (χ3n) is 2.46. The maximum absolute atomic E-state index is 11.4. The Hall–Kier alpha value is -1.06. The molecule has 1 saturated heterocycles. The number of unbranched alkanes of at least 4 members (excludes halogenated alkanes) is 3. The molecule has 14 heavy (non-hydrogen) atoms. The third-order valence-corrected chi connectivity index (χ3v) is 2.46. The van der Waals surface area contributed by atoms with Gasteiger partial charge in [-0.3, -0.25) is 9.69 Å². The smallest absolute Gasteiger partial charge is 0.324 e. The first-order valence-corrected chi connectivity index (χ1v) is 5.28. The molecule has 1 unspecified atom stereocenters. The molecule has 3 amide bonds. The molecule has 1 N–H and O–H groups in total. The van der Waals surface area contributed by atoms with Crippen molar-refractivity contribution in [1.82, 2.24) is 10.2 Å². The van der Waals surface area contributed by atoms with Gasteiger partial charge in [0.2, 0.25) is 0 Å². The molecule has 4 nitrogen and oxygen atoms in total. The molecular weight excluding hydrogens is 180 g/mol. The van der Waals surface area contributed by atoms with Gasteiger partial charge in [0.05, 0.1) is 0 Å². The van der Waals surface area contributed by atoms with Gasteiger partial charge in [0.15, 0.2) is 0 Å². The van der Waals surface area contributed by atoms with Crippen LogP contribution in [-0.2, 0) is 4.79 Å². The van der Waals surface area contributed by atoms with E-state index < -0.39 is 0 Å². The second kappa shape index (κ2) is 4.98. The molecule has 0 aromatic heterocycles. The van der Waals surface area contributed by atoms with Gasteiger partial charge in [0.1, 0.15) is 6.04 Å². The van der Waals surface area contributed by atoms with Gasteiger partial charge < -0.3 is 5.32 Å². The lowest BCUT2D eigenvalue weighted by molar-refractivity contribution is -0.127. The molecule has 0 aromatic carbocycles. The van der Waals surface area contributed by atoms with Gasteiger partial charge in [0, 0.05) is 6.54 Å². The monoisotopic (exact) mass is 198 g/mol. The SMILES string of the molecule is CCCCCCN1C(=O)NC(C)C1=O. The highest BCUT2D eigenvalue weighted by Crippen LogP contribution is 2.08. The predicted molar refractivity (Wildman–Crippen MR) is 53.8 cm³/mol. The summed E-state index contributed by atoms with van der Waals surface area (Å²) in [6, 6.07) is -0.576. The molecule has 80 valence electrons. The summed E-state index contributed by atoms with van der Waals surface area (Å²) >= 11 is 0. The molecule has 1 aliphatic rings. The fraction of sp³-hybridized carbons (Fsp3) is 0.800. The quantitative estimate of drug-likeness (QED) is 0.537. The average Bonchev–Trinajstić information content (AvgIpc) is 2.38. The zero-order valence-electron chi connectivity index (χ0n) is 8.88. The van der Waals surface area contributed by atoms with Crippen LogP contribution in [0.3, 0.4) is 0 Å². The number of urea groups is 1. The molecular formula is C10H18N2O2. The van der Waals surface area contributed by atoms with Gasteiger partial charge in [-0.25, -0.2) is 4.79 Å². The molecule has 0 spiro atoms. The Labute approximate surface area is 84.7 Å². The van der Waals surface area contributed by atoms with E-state index in [1.54, 1.807) is 6.92 Å². The van der Waals surface area contributed by atoms with Crippen LogP contribution in [0, 0.1) is 0 Å². The molecule has 4 heteroatoms. The third kappa shape index (κ3) is 2.47. The van der Waals surface area contributed by atoms with E-state index in [0.29, 0.717) is 6.54 Å². The van der Waals surface area contributed by atoms with E-state index in [1.807, 2.05) is 0 Å². The van der Waals surface area contributed by atoms with Crippen molar-refractivity contribution in [2.75, 3.05) is 6.54 Å². The van der Waals surface area contributed by atoms with E-state index >= 15 is 0 Å². The number of imide groups is 1. The van der Waals surface area contributed by atoms with E-state index in [1.165, 1.54) is 11.3 Å². The summed E-state index contributed by atoms with van der Waals surface area (Å²) < 4.78 is 0. The van der Waals surface area contributed by atoms with Gasteiger partial charge in [-0.15, -0.1) is 0 Å². The molecule has 1 fully saturated rings. The first-order valence-electron chi connectivity index (χ1n) is 5.28. The minimum absolute atomic E-state index is 0.0912. The highest BCUT2D eigenvalue weighted by atomic mass is 16.2. The lowest BCUT2D eigenvalue weighted by Gasteiger charge is -2.11. The number of carbonyl (C=O) groups is 2. The van der Waals surface area contributed by atoms with Crippen LogP contribution >= 0.6 is 0 Å². The van der Waals surface area contributed by atoms with Gasteiger partial charge in [0.25, 0.3) is 5.91 Å². The van der Waals surface area contributed by atoms with Crippen molar-refractivity contribution in [2.45, 2.75) is 45.6 Å². The highest BCUT2D eigenvalue weighted by Gasteiger charge is 2.34. The second-order valence-electron chi connectivity index (χ2n) is 3.72. The Morgan fingerprint density at radius 3 is 2.50 bits per heavy atom. The fourth-order valence-electron chi connectivity index (χ4n) is 1.57. The van der Waals surface area contributed by atoms with Gasteiger partial charge in [-0.05, 0) is 13.3 Å². The van der Waals surface area contributed by atoms with Crippen molar-refractivity contribution in [1.29, 1.82) is 0 Å². The van der Waals surface area contributed by atoms with Crippen LogP contribution in [0.25, 0.3) is 0 Å². The number of carbonyl (C=O) groups excluding carboxylic acids is 2. The van der Waals surface area contributed by atoms with Crippen LogP contribution in [0.2, 0.25) is 0 Å². The zero-order valence-corrected chi connectivity index (χ0v) is 8.88. The van der Waals surface area contributed by atoms with Crippen LogP contribution in [0.4, 0.5) is 4.79 Å². The van der Waals surface area contributed by atoms with Crippen molar-refractivity contribution in [3.63, 3.8) is 0 Å². The molecule has 0 bridgehead atoms.